The second-order valence-corrected chi connectivity index (χ2v) is 5.07. The Morgan fingerprint density at radius 3 is 2.33 bits per heavy atom. The van der Waals surface area contributed by atoms with Gasteiger partial charge in [-0.2, -0.15) is 0 Å². The summed E-state index contributed by atoms with van der Waals surface area (Å²) in [6.45, 7) is 7.26. The first-order chi connectivity index (χ1) is 8.51. The van der Waals surface area contributed by atoms with E-state index in [9.17, 15) is 0 Å². The zero-order chi connectivity index (χ0) is 13.7. The van der Waals surface area contributed by atoms with Crippen molar-refractivity contribution in [1.29, 1.82) is 0 Å². The minimum Gasteiger partial charge on any atom is -0.493 e. The molecular formula is C14H22ClNO2. The van der Waals surface area contributed by atoms with Gasteiger partial charge in [-0.3, -0.25) is 0 Å². The highest BCUT2D eigenvalue weighted by molar-refractivity contribution is 6.33. The fourth-order valence-corrected chi connectivity index (χ4v) is 1.87. The molecule has 0 heterocycles. The molecule has 0 aromatic heterocycles. The van der Waals surface area contributed by atoms with Gasteiger partial charge in [0, 0.05) is 12.6 Å². The van der Waals surface area contributed by atoms with E-state index in [1.165, 1.54) is 0 Å². The van der Waals surface area contributed by atoms with Gasteiger partial charge >= 0.3 is 0 Å². The zero-order valence-corrected chi connectivity index (χ0v) is 12.5. The molecule has 0 fully saturated rings. The minimum atomic E-state index is 0.439. The Morgan fingerprint density at radius 2 is 1.83 bits per heavy atom. The van der Waals surface area contributed by atoms with Gasteiger partial charge in [0.1, 0.15) is 0 Å². The fourth-order valence-electron chi connectivity index (χ4n) is 1.57. The van der Waals surface area contributed by atoms with Crippen LogP contribution in [0.5, 0.6) is 11.5 Å². The summed E-state index contributed by atoms with van der Waals surface area (Å²) in [6.07, 6.45) is 0. The standard InChI is InChI=1S/C14H22ClNO2/c1-9(2)10(3)16-8-11-6-7-12(17-4)14(18-5)13(11)15/h6-7,9-10,16H,8H2,1-5H3. The van der Waals surface area contributed by atoms with Crippen molar-refractivity contribution >= 4 is 11.6 Å². The first-order valence-electron chi connectivity index (χ1n) is 6.14. The van der Waals surface area contributed by atoms with E-state index in [2.05, 4.69) is 26.1 Å². The van der Waals surface area contributed by atoms with Crippen molar-refractivity contribution in [2.75, 3.05) is 14.2 Å². The average Bonchev–Trinajstić information content (AvgIpc) is 2.36. The highest BCUT2D eigenvalue weighted by Crippen LogP contribution is 2.37. The first kappa shape index (κ1) is 15.1. The maximum Gasteiger partial charge on any atom is 0.179 e. The molecule has 0 spiro atoms. The molecule has 0 saturated heterocycles. The number of nitrogens with one attached hydrogen (secondary N) is 1. The zero-order valence-electron chi connectivity index (χ0n) is 11.7. The third kappa shape index (κ3) is 3.53. The molecule has 102 valence electrons. The third-order valence-electron chi connectivity index (χ3n) is 3.18. The van der Waals surface area contributed by atoms with Crippen LogP contribution in [0.1, 0.15) is 26.3 Å². The summed E-state index contributed by atoms with van der Waals surface area (Å²) in [5.41, 5.74) is 1.02. The van der Waals surface area contributed by atoms with Crippen LogP contribution in [-0.2, 0) is 6.54 Å². The lowest BCUT2D eigenvalue weighted by Gasteiger charge is -2.19. The van der Waals surface area contributed by atoms with Crippen LogP contribution in [0.4, 0.5) is 0 Å². The molecule has 0 aliphatic rings. The Kier molecular flexibility index (Phi) is 5.76. The van der Waals surface area contributed by atoms with E-state index in [0.717, 1.165) is 12.1 Å². The van der Waals surface area contributed by atoms with E-state index in [0.29, 0.717) is 28.5 Å². The molecule has 1 N–H and O–H groups in total. The molecule has 4 heteroatoms. The van der Waals surface area contributed by atoms with Gasteiger partial charge in [-0.15, -0.1) is 0 Å². The number of methoxy groups -OCH3 is 2. The highest BCUT2D eigenvalue weighted by atomic mass is 35.5. The van der Waals surface area contributed by atoms with Crippen LogP contribution < -0.4 is 14.8 Å². The minimum absolute atomic E-state index is 0.439. The lowest BCUT2D eigenvalue weighted by molar-refractivity contribution is 0.354. The third-order valence-corrected chi connectivity index (χ3v) is 3.59. The molecule has 0 amide bonds. The van der Waals surface area contributed by atoms with Gasteiger partial charge in [0.25, 0.3) is 0 Å². The van der Waals surface area contributed by atoms with Crippen molar-refractivity contribution in [3.63, 3.8) is 0 Å². The van der Waals surface area contributed by atoms with Crippen molar-refractivity contribution in [3.05, 3.63) is 22.7 Å². The number of halogens is 1. The van der Waals surface area contributed by atoms with E-state index in [-0.39, 0.29) is 0 Å². The predicted molar refractivity (Wildman–Crippen MR) is 75.7 cm³/mol. The Labute approximate surface area is 114 Å². The Balaban J connectivity index is 2.84. The number of ether oxygens (including phenoxy) is 2. The highest BCUT2D eigenvalue weighted by Gasteiger charge is 2.14. The molecule has 3 nitrogen and oxygen atoms in total. The number of rotatable bonds is 6. The summed E-state index contributed by atoms with van der Waals surface area (Å²) in [7, 11) is 3.20. The van der Waals surface area contributed by atoms with Crippen LogP contribution in [0.3, 0.4) is 0 Å². The molecule has 0 saturated carbocycles. The van der Waals surface area contributed by atoms with Crippen molar-refractivity contribution in [1.82, 2.24) is 5.32 Å². The van der Waals surface area contributed by atoms with Gasteiger partial charge < -0.3 is 14.8 Å². The number of benzene rings is 1. The van der Waals surface area contributed by atoms with Crippen LogP contribution >= 0.6 is 11.6 Å². The molecule has 1 unspecified atom stereocenters. The normalized spacial score (nSPS) is 12.6. The molecule has 0 bridgehead atoms. The van der Waals surface area contributed by atoms with Crippen molar-refractivity contribution < 1.29 is 9.47 Å². The van der Waals surface area contributed by atoms with E-state index in [1.54, 1.807) is 14.2 Å². The molecular weight excluding hydrogens is 250 g/mol. The van der Waals surface area contributed by atoms with Crippen LogP contribution in [0.2, 0.25) is 5.02 Å². The van der Waals surface area contributed by atoms with Crippen LogP contribution in [0, 0.1) is 5.92 Å². The molecule has 0 radical (unpaired) electrons. The second kappa shape index (κ2) is 6.86. The molecule has 1 atom stereocenters. The smallest absolute Gasteiger partial charge is 0.179 e. The molecule has 0 aliphatic heterocycles. The first-order valence-corrected chi connectivity index (χ1v) is 6.51. The summed E-state index contributed by atoms with van der Waals surface area (Å²) < 4.78 is 10.5. The summed E-state index contributed by atoms with van der Waals surface area (Å²) in [6, 6.07) is 4.28. The Morgan fingerprint density at radius 1 is 1.17 bits per heavy atom. The maximum atomic E-state index is 6.31. The van der Waals surface area contributed by atoms with Crippen LogP contribution in [0.15, 0.2) is 12.1 Å². The van der Waals surface area contributed by atoms with Crippen molar-refractivity contribution in [2.24, 2.45) is 5.92 Å². The molecule has 1 aromatic rings. The Bertz CT molecular complexity index is 394. The molecule has 18 heavy (non-hydrogen) atoms. The summed E-state index contributed by atoms with van der Waals surface area (Å²) >= 11 is 6.31. The summed E-state index contributed by atoms with van der Waals surface area (Å²) in [5, 5.41) is 4.06. The van der Waals surface area contributed by atoms with Crippen molar-refractivity contribution in [2.45, 2.75) is 33.4 Å². The second-order valence-electron chi connectivity index (χ2n) is 4.69. The monoisotopic (exact) mass is 271 g/mol. The SMILES string of the molecule is COc1ccc(CNC(C)C(C)C)c(Cl)c1OC. The van der Waals surface area contributed by atoms with Gasteiger partial charge in [-0.1, -0.05) is 31.5 Å². The predicted octanol–water partition coefficient (Wildman–Crippen LogP) is 3.49. The van der Waals surface area contributed by atoms with E-state index in [4.69, 9.17) is 21.1 Å². The summed E-state index contributed by atoms with van der Waals surface area (Å²) in [4.78, 5) is 0. The van der Waals surface area contributed by atoms with E-state index in [1.807, 2.05) is 12.1 Å². The van der Waals surface area contributed by atoms with Gasteiger partial charge in [0.05, 0.1) is 19.2 Å². The summed E-state index contributed by atoms with van der Waals surface area (Å²) in [5.74, 6) is 1.84. The van der Waals surface area contributed by atoms with Gasteiger partial charge in [0.15, 0.2) is 11.5 Å². The van der Waals surface area contributed by atoms with Crippen molar-refractivity contribution in [3.8, 4) is 11.5 Å². The maximum absolute atomic E-state index is 6.31. The van der Waals surface area contributed by atoms with Crippen LogP contribution in [0.25, 0.3) is 0 Å². The molecule has 0 aliphatic carbocycles. The quantitative estimate of drug-likeness (QED) is 0.859. The molecule has 1 rings (SSSR count). The largest absolute Gasteiger partial charge is 0.493 e. The van der Waals surface area contributed by atoms with Gasteiger partial charge in [-0.25, -0.2) is 0 Å². The lowest BCUT2D eigenvalue weighted by atomic mass is 10.1. The van der Waals surface area contributed by atoms with Crippen LogP contribution in [-0.4, -0.2) is 20.3 Å². The lowest BCUT2D eigenvalue weighted by Crippen LogP contribution is -2.30. The molecule has 1 aromatic carbocycles. The Hall–Kier alpha value is -0.930. The topological polar surface area (TPSA) is 30.5 Å². The average molecular weight is 272 g/mol. The van der Waals surface area contributed by atoms with Gasteiger partial charge in [0.2, 0.25) is 0 Å². The number of hydrogen-bond acceptors (Lipinski definition) is 3. The van der Waals surface area contributed by atoms with Gasteiger partial charge in [-0.05, 0) is 24.5 Å². The number of hydrogen-bond donors (Lipinski definition) is 1. The fraction of sp³-hybridized carbons (Fsp3) is 0.571. The van der Waals surface area contributed by atoms with E-state index < -0.39 is 0 Å². The van der Waals surface area contributed by atoms with E-state index >= 15 is 0 Å².